The number of unbranched alkanes of at least 4 members (excludes halogenated alkanes) is 4. The number of rotatable bonds is 9. The minimum atomic E-state index is 0. The first-order valence-corrected chi connectivity index (χ1v) is 5.51. The molecule has 0 atom stereocenters. The van der Waals surface area contributed by atoms with Gasteiger partial charge < -0.3 is 10.1 Å². The molecule has 0 aromatic carbocycles. The Bertz CT molecular complexity index is 158. The predicted octanol–water partition coefficient (Wildman–Crippen LogP) is 2.69. The molecule has 90 valence electrons. The van der Waals surface area contributed by atoms with Gasteiger partial charge in [0.2, 0.25) is 5.91 Å². The molecule has 1 N–H and O–H groups in total. The van der Waals surface area contributed by atoms with E-state index in [0.717, 1.165) is 44.9 Å². The van der Waals surface area contributed by atoms with Gasteiger partial charge in [-0.25, -0.2) is 0 Å². The Balaban J connectivity index is 0. The van der Waals surface area contributed by atoms with Crippen LogP contribution in [-0.4, -0.2) is 18.7 Å². The second-order valence-corrected chi connectivity index (χ2v) is 3.47. The molecule has 0 aromatic rings. The second kappa shape index (κ2) is 13.1. The SMILES string of the molecule is C.CCCC(=O)NCCCCCCC=O. The fourth-order valence-corrected chi connectivity index (χ4v) is 1.25. The molecule has 0 spiro atoms. The predicted molar refractivity (Wildman–Crippen MR) is 63.8 cm³/mol. The van der Waals surface area contributed by atoms with E-state index in [2.05, 4.69) is 5.32 Å². The van der Waals surface area contributed by atoms with E-state index in [4.69, 9.17) is 0 Å². The molecule has 0 saturated carbocycles. The topological polar surface area (TPSA) is 46.2 Å². The van der Waals surface area contributed by atoms with E-state index in [1.54, 1.807) is 0 Å². The van der Waals surface area contributed by atoms with Crippen LogP contribution in [0.3, 0.4) is 0 Å². The third-order valence-corrected chi connectivity index (χ3v) is 2.05. The highest BCUT2D eigenvalue weighted by Gasteiger charge is 1.97. The molecule has 0 radical (unpaired) electrons. The Morgan fingerprint density at radius 1 is 1.20 bits per heavy atom. The summed E-state index contributed by atoms with van der Waals surface area (Å²) in [7, 11) is 0. The molecule has 1 amide bonds. The highest BCUT2D eigenvalue weighted by atomic mass is 16.1. The minimum Gasteiger partial charge on any atom is -0.356 e. The highest BCUT2D eigenvalue weighted by Crippen LogP contribution is 2.00. The van der Waals surface area contributed by atoms with Crippen molar-refractivity contribution >= 4 is 12.2 Å². The molecule has 0 rings (SSSR count). The van der Waals surface area contributed by atoms with E-state index < -0.39 is 0 Å². The monoisotopic (exact) mass is 215 g/mol. The summed E-state index contributed by atoms with van der Waals surface area (Å²) >= 11 is 0. The van der Waals surface area contributed by atoms with E-state index in [1.165, 1.54) is 0 Å². The van der Waals surface area contributed by atoms with Crippen molar-refractivity contribution in [3.05, 3.63) is 0 Å². The third-order valence-electron chi connectivity index (χ3n) is 2.05. The van der Waals surface area contributed by atoms with E-state index in [-0.39, 0.29) is 13.3 Å². The third kappa shape index (κ3) is 13.1. The van der Waals surface area contributed by atoms with Gasteiger partial charge in [-0.15, -0.1) is 0 Å². The highest BCUT2D eigenvalue weighted by molar-refractivity contribution is 5.75. The van der Waals surface area contributed by atoms with Gasteiger partial charge in [0.15, 0.2) is 0 Å². The molecule has 0 aliphatic rings. The van der Waals surface area contributed by atoms with Crippen LogP contribution in [0.5, 0.6) is 0 Å². The van der Waals surface area contributed by atoms with E-state index in [9.17, 15) is 9.59 Å². The van der Waals surface area contributed by atoms with Gasteiger partial charge in [-0.05, 0) is 19.3 Å². The number of hydrogen-bond acceptors (Lipinski definition) is 2. The van der Waals surface area contributed by atoms with Crippen LogP contribution in [0.4, 0.5) is 0 Å². The van der Waals surface area contributed by atoms with Gasteiger partial charge >= 0.3 is 0 Å². The van der Waals surface area contributed by atoms with Crippen LogP contribution in [0.2, 0.25) is 0 Å². The number of nitrogens with one attached hydrogen (secondary N) is 1. The maximum atomic E-state index is 11.0. The molecular formula is C12H25NO2. The maximum Gasteiger partial charge on any atom is 0.219 e. The fraction of sp³-hybridized carbons (Fsp3) is 0.833. The second-order valence-electron chi connectivity index (χ2n) is 3.47. The summed E-state index contributed by atoms with van der Waals surface area (Å²) in [5, 5.41) is 2.87. The number of aldehydes is 1. The molecular weight excluding hydrogens is 190 g/mol. The first-order valence-electron chi connectivity index (χ1n) is 5.51. The number of hydrogen-bond donors (Lipinski definition) is 1. The van der Waals surface area contributed by atoms with Crippen molar-refractivity contribution in [1.82, 2.24) is 5.32 Å². The van der Waals surface area contributed by atoms with Crippen molar-refractivity contribution in [2.45, 2.75) is 59.3 Å². The largest absolute Gasteiger partial charge is 0.356 e. The lowest BCUT2D eigenvalue weighted by Crippen LogP contribution is -2.23. The molecule has 0 unspecified atom stereocenters. The standard InChI is InChI=1S/C11H21NO2.CH4/c1-2-8-11(14)12-9-6-4-3-5-7-10-13;/h10H,2-9H2,1H3,(H,12,14);1H4. The quantitative estimate of drug-likeness (QED) is 0.475. The lowest BCUT2D eigenvalue weighted by molar-refractivity contribution is -0.121. The molecule has 3 nitrogen and oxygen atoms in total. The Kier molecular flexibility index (Phi) is 14.5. The van der Waals surface area contributed by atoms with Crippen molar-refractivity contribution < 1.29 is 9.59 Å². The van der Waals surface area contributed by atoms with Crippen molar-refractivity contribution in [2.75, 3.05) is 6.54 Å². The van der Waals surface area contributed by atoms with Crippen LogP contribution in [0, 0.1) is 0 Å². The van der Waals surface area contributed by atoms with Crippen LogP contribution in [0.25, 0.3) is 0 Å². The smallest absolute Gasteiger partial charge is 0.219 e. The summed E-state index contributed by atoms with van der Waals surface area (Å²) in [6.45, 7) is 2.78. The van der Waals surface area contributed by atoms with Crippen LogP contribution >= 0.6 is 0 Å². The summed E-state index contributed by atoms with van der Waals surface area (Å²) in [6, 6.07) is 0. The van der Waals surface area contributed by atoms with Crippen LogP contribution in [0.1, 0.15) is 59.3 Å². The lowest BCUT2D eigenvalue weighted by atomic mass is 10.1. The molecule has 0 aromatic heterocycles. The van der Waals surface area contributed by atoms with Gasteiger partial charge in [-0.3, -0.25) is 4.79 Å². The molecule has 0 heterocycles. The Morgan fingerprint density at radius 3 is 2.47 bits per heavy atom. The number of amides is 1. The van der Waals surface area contributed by atoms with Crippen LogP contribution in [0.15, 0.2) is 0 Å². The van der Waals surface area contributed by atoms with Crippen molar-refractivity contribution in [3.8, 4) is 0 Å². The van der Waals surface area contributed by atoms with Gasteiger partial charge in [0, 0.05) is 19.4 Å². The fourth-order valence-electron chi connectivity index (χ4n) is 1.25. The van der Waals surface area contributed by atoms with Crippen LogP contribution in [-0.2, 0) is 9.59 Å². The average Bonchev–Trinajstić information content (AvgIpc) is 2.17. The normalized spacial score (nSPS) is 9.13. The zero-order valence-electron chi connectivity index (χ0n) is 9.05. The number of carbonyl (C=O) groups excluding carboxylic acids is 2. The Morgan fingerprint density at radius 2 is 1.87 bits per heavy atom. The Hall–Kier alpha value is -0.860. The molecule has 0 saturated heterocycles. The molecule has 3 heteroatoms. The minimum absolute atomic E-state index is 0. The van der Waals surface area contributed by atoms with Gasteiger partial charge in [-0.2, -0.15) is 0 Å². The van der Waals surface area contributed by atoms with Gasteiger partial charge in [0.05, 0.1) is 0 Å². The zero-order chi connectivity index (χ0) is 10.6. The van der Waals surface area contributed by atoms with E-state index in [0.29, 0.717) is 12.8 Å². The summed E-state index contributed by atoms with van der Waals surface area (Å²) in [5.74, 6) is 0.153. The molecule has 0 fully saturated rings. The summed E-state index contributed by atoms with van der Waals surface area (Å²) in [4.78, 5) is 21.0. The molecule has 0 aliphatic heterocycles. The zero-order valence-corrected chi connectivity index (χ0v) is 9.05. The van der Waals surface area contributed by atoms with Crippen molar-refractivity contribution in [1.29, 1.82) is 0 Å². The first-order chi connectivity index (χ1) is 6.81. The van der Waals surface area contributed by atoms with Gasteiger partial charge in [-0.1, -0.05) is 27.2 Å². The average molecular weight is 215 g/mol. The van der Waals surface area contributed by atoms with E-state index in [1.807, 2.05) is 6.92 Å². The lowest BCUT2D eigenvalue weighted by Gasteiger charge is -2.03. The first kappa shape index (κ1) is 16.6. The number of carbonyl (C=O) groups is 2. The molecule has 15 heavy (non-hydrogen) atoms. The van der Waals surface area contributed by atoms with Crippen molar-refractivity contribution in [3.63, 3.8) is 0 Å². The van der Waals surface area contributed by atoms with E-state index >= 15 is 0 Å². The van der Waals surface area contributed by atoms with Crippen LogP contribution < -0.4 is 5.32 Å². The molecule has 0 aliphatic carbocycles. The van der Waals surface area contributed by atoms with Gasteiger partial charge in [0.25, 0.3) is 0 Å². The molecule has 0 bridgehead atoms. The Labute approximate surface area is 93.6 Å². The summed E-state index contributed by atoms with van der Waals surface area (Å²) < 4.78 is 0. The van der Waals surface area contributed by atoms with Gasteiger partial charge in [0.1, 0.15) is 6.29 Å². The van der Waals surface area contributed by atoms with Crippen molar-refractivity contribution in [2.24, 2.45) is 0 Å². The summed E-state index contributed by atoms with van der Waals surface area (Å²) in [5.41, 5.74) is 0. The maximum absolute atomic E-state index is 11.0. The summed E-state index contributed by atoms with van der Waals surface area (Å²) in [6.07, 6.45) is 7.35.